The lowest BCUT2D eigenvalue weighted by Crippen LogP contribution is -2.49. The first-order valence-corrected chi connectivity index (χ1v) is 10.5. The zero-order chi connectivity index (χ0) is 19.6. The van der Waals surface area contributed by atoms with Crippen molar-refractivity contribution in [1.29, 1.82) is 0 Å². The van der Waals surface area contributed by atoms with Crippen molar-refractivity contribution in [1.82, 2.24) is 9.96 Å². The van der Waals surface area contributed by atoms with Gasteiger partial charge in [0, 0.05) is 18.4 Å². The molecule has 0 bridgehead atoms. The number of carbonyl (C=O) groups is 3. The van der Waals surface area contributed by atoms with Crippen LogP contribution in [0.3, 0.4) is 0 Å². The van der Waals surface area contributed by atoms with Gasteiger partial charge < -0.3 is 4.84 Å². The van der Waals surface area contributed by atoms with Crippen LogP contribution < -0.4 is 0 Å². The van der Waals surface area contributed by atoms with Gasteiger partial charge in [-0.25, -0.2) is 4.79 Å². The van der Waals surface area contributed by atoms with Crippen LogP contribution >= 0.6 is 0 Å². The summed E-state index contributed by atoms with van der Waals surface area (Å²) >= 11 is 0. The third-order valence-electron chi connectivity index (χ3n) is 6.48. The van der Waals surface area contributed by atoms with Crippen LogP contribution in [0.5, 0.6) is 0 Å². The van der Waals surface area contributed by atoms with Gasteiger partial charge in [0.1, 0.15) is 0 Å². The highest BCUT2D eigenvalue weighted by Gasteiger charge is 2.40. The highest BCUT2D eigenvalue weighted by Crippen LogP contribution is 2.43. The van der Waals surface area contributed by atoms with E-state index in [1.54, 1.807) is 12.1 Å². The van der Waals surface area contributed by atoms with Gasteiger partial charge in [0.15, 0.2) is 0 Å². The molecule has 0 radical (unpaired) electrons. The number of hydrogen-bond acceptors (Lipinski definition) is 5. The van der Waals surface area contributed by atoms with E-state index in [1.807, 2.05) is 12.1 Å². The Hall–Kier alpha value is -2.21. The molecule has 1 aliphatic carbocycles. The summed E-state index contributed by atoms with van der Waals surface area (Å²) in [6.07, 6.45) is 10.1. The van der Waals surface area contributed by atoms with Crippen LogP contribution in [0.4, 0.5) is 0 Å². The van der Waals surface area contributed by atoms with Gasteiger partial charge in [0.2, 0.25) is 0 Å². The normalized spacial score (nSPS) is 23.1. The summed E-state index contributed by atoms with van der Waals surface area (Å²) in [6.45, 7) is 2.28. The molecule has 4 rings (SSSR count). The maximum absolute atomic E-state index is 12.4. The fraction of sp³-hybridized carbons (Fsp3) is 0.591. The Morgan fingerprint density at radius 3 is 2.00 bits per heavy atom. The van der Waals surface area contributed by atoms with E-state index < -0.39 is 17.8 Å². The lowest BCUT2D eigenvalue weighted by atomic mass is 9.74. The van der Waals surface area contributed by atoms with E-state index in [1.165, 1.54) is 44.1 Å². The largest absolute Gasteiger partial charge is 0.363 e. The van der Waals surface area contributed by atoms with E-state index in [9.17, 15) is 14.4 Å². The number of imide groups is 1. The third-order valence-corrected chi connectivity index (χ3v) is 6.48. The van der Waals surface area contributed by atoms with Gasteiger partial charge in [-0.3, -0.25) is 14.5 Å². The summed E-state index contributed by atoms with van der Waals surface area (Å²) in [5.74, 6) is -1.58. The van der Waals surface area contributed by atoms with E-state index in [0.29, 0.717) is 10.6 Å². The molecule has 6 heteroatoms. The Balaban J connectivity index is 1.52. The Kier molecular flexibility index (Phi) is 5.49. The Labute approximate surface area is 165 Å². The number of piperidine rings is 1. The van der Waals surface area contributed by atoms with E-state index in [2.05, 4.69) is 4.90 Å². The molecule has 0 spiro atoms. The number of carbonyl (C=O) groups excluding carboxylic acids is 3. The summed E-state index contributed by atoms with van der Waals surface area (Å²) in [5.41, 5.74) is 1.70. The van der Waals surface area contributed by atoms with Crippen molar-refractivity contribution in [3.63, 3.8) is 0 Å². The maximum atomic E-state index is 12.4. The summed E-state index contributed by atoms with van der Waals surface area (Å²) < 4.78 is 0. The first-order chi connectivity index (χ1) is 13.6. The Morgan fingerprint density at radius 1 is 0.821 bits per heavy atom. The van der Waals surface area contributed by atoms with Crippen LogP contribution in [0.2, 0.25) is 0 Å². The molecule has 2 aliphatic heterocycles. The fourth-order valence-electron chi connectivity index (χ4n) is 4.96. The predicted octanol–water partition coefficient (Wildman–Crippen LogP) is 3.55. The van der Waals surface area contributed by atoms with Gasteiger partial charge in [-0.15, -0.1) is 5.06 Å². The van der Waals surface area contributed by atoms with Gasteiger partial charge in [0.25, 0.3) is 11.8 Å². The molecule has 6 nitrogen and oxygen atoms in total. The molecule has 2 saturated heterocycles. The zero-order valence-corrected chi connectivity index (χ0v) is 16.3. The van der Waals surface area contributed by atoms with Crippen LogP contribution in [0.1, 0.15) is 80.1 Å². The number of hydroxylamine groups is 2. The van der Waals surface area contributed by atoms with Gasteiger partial charge in [-0.1, -0.05) is 37.8 Å². The van der Waals surface area contributed by atoms with E-state index in [-0.39, 0.29) is 18.4 Å². The lowest BCUT2D eigenvalue weighted by Gasteiger charge is -2.48. The number of hydrogen-bond donors (Lipinski definition) is 0. The number of nitrogens with zero attached hydrogens (tertiary/aromatic N) is 2. The molecule has 1 saturated carbocycles. The molecule has 1 aromatic rings. The van der Waals surface area contributed by atoms with Crippen molar-refractivity contribution in [2.45, 2.75) is 69.7 Å². The average Bonchev–Trinajstić information content (AvgIpc) is 3.07. The molecule has 0 N–H and O–H groups in total. The summed E-state index contributed by atoms with van der Waals surface area (Å²) in [5, 5.41) is 0.604. The second kappa shape index (κ2) is 8.03. The smallest absolute Gasteiger partial charge is 0.325 e. The summed E-state index contributed by atoms with van der Waals surface area (Å²) in [6, 6.07) is 7.60. The van der Waals surface area contributed by atoms with Crippen LogP contribution in [0.25, 0.3) is 0 Å². The number of rotatable bonds is 4. The lowest BCUT2D eigenvalue weighted by molar-refractivity contribution is -0.172. The number of benzene rings is 1. The third kappa shape index (κ3) is 3.58. The van der Waals surface area contributed by atoms with Crippen molar-refractivity contribution in [3.8, 4) is 0 Å². The monoisotopic (exact) mass is 384 g/mol. The van der Waals surface area contributed by atoms with Crippen molar-refractivity contribution in [2.24, 2.45) is 0 Å². The highest BCUT2D eigenvalue weighted by atomic mass is 16.7. The minimum absolute atomic E-state index is 0.0714. The van der Waals surface area contributed by atoms with Gasteiger partial charge >= 0.3 is 5.97 Å². The molecule has 0 atom stereocenters. The highest BCUT2D eigenvalue weighted by molar-refractivity contribution is 6.02. The number of amides is 2. The quantitative estimate of drug-likeness (QED) is 0.743. The summed E-state index contributed by atoms with van der Waals surface area (Å²) in [4.78, 5) is 43.4. The van der Waals surface area contributed by atoms with Crippen molar-refractivity contribution >= 4 is 17.8 Å². The molecule has 28 heavy (non-hydrogen) atoms. The van der Waals surface area contributed by atoms with E-state index in [4.69, 9.17) is 4.84 Å². The van der Waals surface area contributed by atoms with Gasteiger partial charge in [-0.2, -0.15) is 0 Å². The molecule has 0 aromatic heterocycles. The van der Waals surface area contributed by atoms with Gasteiger partial charge in [-0.05, 0) is 56.5 Å². The molecular formula is C22H28N2O4. The second-order valence-electron chi connectivity index (χ2n) is 8.18. The first-order valence-electron chi connectivity index (χ1n) is 10.5. The molecular weight excluding hydrogens is 356 g/mol. The second-order valence-corrected chi connectivity index (χ2v) is 8.18. The summed E-state index contributed by atoms with van der Waals surface area (Å²) in [7, 11) is 0. The molecule has 1 aromatic carbocycles. The van der Waals surface area contributed by atoms with Crippen LogP contribution in [-0.4, -0.2) is 40.8 Å². The molecule has 3 fully saturated rings. The fourth-order valence-corrected chi connectivity index (χ4v) is 4.96. The van der Waals surface area contributed by atoms with Crippen molar-refractivity contribution in [2.75, 3.05) is 13.1 Å². The van der Waals surface area contributed by atoms with Gasteiger partial charge in [0.05, 0.1) is 5.56 Å². The minimum Gasteiger partial charge on any atom is -0.325 e. The topological polar surface area (TPSA) is 66.9 Å². The van der Waals surface area contributed by atoms with Crippen molar-refractivity contribution < 1.29 is 19.2 Å². The first kappa shape index (κ1) is 19.1. The van der Waals surface area contributed by atoms with Crippen LogP contribution in [0.15, 0.2) is 24.3 Å². The van der Waals surface area contributed by atoms with Crippen LogP contribution in [0, 0.1) is 0 Å². The van der Waals surface area contributed by atoms with E-state index >= 15 is 0 Å². The molecule has 2 heterocycles. The Bertz CT molecular complexity index is 730. The molecule has 2 amide bonds. The Morgan fingerprint density at radius 2 is 1.39 bits per heavy atom. The average molecular weight is 384 g/mol. The minimum atomic E-state index is -0.661. The molecule has 3 aliphatic rings. The standard InChI is InChI=1S/C22H28N2O4/c25-19-11-12-20(26)24(19)28-21(27)17-7-9-18(10-8-17)22(13-3-1-4-14-22)23-15-5-2-6-16-23/h7-10H,1-6,11-16H2. The molecule has 150 valence electrons. The van der Waals surface area contributed by atoms with Crippen LogP contribution in [-0.2, 0) is 20.0 Å². The SMILES string of the molecule is O=C(ON1C(=O)CCC1=O)c1ccc(C2(N3CCCCC3)CCCCC2)cc1. The maximum Gasteiger partial charge on any atom is 0.363 e. The predicted molar refractivity (Wildman–Crippen MR) is 103 cm³/mol. The zero-order valence-electron chi connectivity index (χ0n) is 16.3. The van der Waals surface area contributed by atoms with Crippen molar-refractivity contribution in [3.05, 3.63) is 35.4 Å². The van der Waals surface area contributed by atoms with E-state index in [0.717, 1.165) is 25.9 Å². The molecule has 0 unspecified atom stereocenters. The number of likely N-dealkylation sites (tertiary alicyclic amines) is 1.